The third-order valence-corrected chi connectivity index (χ3v) is 2.76. The molecule has 0 saturated carbocycles. The van der Waals surface area contributed by atoms with Crippen molar-refractivity contribution in [1.29, 1.82) is 0 Å². The van der Waals surface area contributed by atoms with Crippen molar-refractivity contribution in [2.45, 2.75) is 37.9 Å². The van der Waals surface area contributed by atoms with Crippen molar-refractivity contribution in [2.75, 3.05) is 13.1 Å². The minimum absolute atomic E-state index is 0.228. The molecule has 2 unspecified atom stereocenters. The molecule has 0 spiro atoms. The van der Waals surface area contributed by atoms with Gasteiger partial charge in [0.05, 0.1) is 6.10 Å². The summed E-state index contributed by atoms with van der Waals surface area (Å²) in [5.74, 6) is -1.38. The maximum atomic E-state index is 11.3. The number of rotatable bonds is 7. The van der Waals surface area contributed by atoms with E-state index in [2.05, 4.69) is 10.6 Å². The van der Waals surface area contributed by atoms with Crippen molar-refractivity contribution in [1.82, 2.24) is 10.6 Å². The second-order valence-electron chi connectivity index (χ2n) is 4.37. The highest BCUT2D eigenvalue weighted by Crippen LogP contribution is 2.18. The Morgan fingerprint density at radius 2 is 2.00 bits per heavy atom. The van der Waals surface area contributed by atoms with Crippen LogP contribution in [0.15, 0.2) is 0 Å². The van der Waals surface area contributed by atoms with Crippen LogP contribution in [0.4, 0.5) is 4.79 Å². The largest absolute Gasteiger partial charge is 0.479 e. The van der Waals surface area contributed by atoms with Crippen LogP contribution in [0.25, 0.3) is 0 Å². The fourth-order valence-corrected chi connectivity index (χ4v) is 1.77. The van der Waals surface area contributed by atoms with Gasteiger partial charge in [0.25, 0.3) is 0 Å². The zero-order valence-corrected chi connectivity index (χ0v) is 10.6. The number of carbonyl (C=O) groups is 3. The van der Waals surface area contributed by atoms with E-state index in [9.17, 15) is 14.4 Å². The predicted octanol–water partition coefficient (Wildman–Crippen LogP) is -0.817. The average molecular weight is 273 g/mol. The van der Waals surface area contributed by atoms with E-state index in [0.717, 1.165) is 0 Å². The van der Waals surface area contributed by atoms with Gasteiger partial charge < -0.3 is 26.2 Å². The van der Waals surface area contributed by atoms with Crippen molar-refractivity contribution in [2.24, 2.45) is 5.73 Å². The number of hydrogen-bond donors (Lipinski definition) is 4. The van der Waals surface area contributed by atoms with Gasteiger partial charge in [-0.15, -0.1) is 0 Å². The number of primary amides is 1. The van der Waals surface area contributed by atoms with E-state index in [1.54, 1.807) is 0 Å². The van der Waals surface area contributed by atoms with Gasteiger partial charge in [-0.2, -0.15) is 0 Å². The Kier molecular flexibility index (Phi) is 6.07. The second-order valence-corrected chi connectivity index (χ2v) is 4.37. The summed E-state index contributed by atoms with van der Waals surface area (Å²) in [4.78, 5) is 32.5. The molecule has 2 atom stereocenters. The number of hydrogen-bond acceptors (Lipinski definition) is 4. The third kappa shape index (κ3) is 6.05. The normalized spacial score (nSPS) is 21.9. The lowest BCUT2D eigenvalue weighted by Gasteiger charge is -2.12. The van der Waals surface area contributed by atoms with Crippen LogP contribution in [0.1, 0.15) is 25.7 Å². The SMILES string of the molecule is NC(=O)CCCNC(=O)NCC1CCC(C(=O)O)O1. The fourth-order valence-electron chi connectivity index (χ4n) is 1.77. The van der Waals surface area contributed by atoms with Gasteiger partial charge in [-0.1, -0.05) is 0 Å². The monoisotopic (exact) mass is 273 g/mol. The van der Waals surface area contributed by atoms with Gasteiger partial charge in [0.2, 0.25) is 5.91 Å². The first kappa shape index (κ1) is 15.2. The summed E-state index contributed by atoms with van der Waals surface area (Å²) in [7, 11) is 0. The van der Waals surface area contributed by atoms with Crippen LogP contribution < -0.4 is 16.4 Å². The summed E-state index contributed by atoms with van der Waals surface area (Å²) in [6.45, 7) is 0.628. The standard InChI is InChI=1S/C11H19N3O5/c12-9(15)2-1-5-13-11(18)14-6-7-3-4-8(19-7)10(16)17/h7-8H,1-6H2,(H2,12,15)(H,16,17)(H2,13,14,18). The van der Waals surface area contributed by atoms with E-state index in [0.29, 0.717) is 25.8 Å². The molecule has 0 aromatic rings. The van der Waals surface area contributed by atoms with Crippen LogP contribution in [-0.2, 0) is 14.3 Å². The molecule has 0 bridgehead atoms. The lowest BCUT2D eigenvalue weighted by Crippen LogP contribution is -2.40. The number of aliphatic carboxylic acids is 1. The van der Waals surface area contributed by atoms with E-state index in [-0.39, 0.29) is 25.1 Å². The second kappa shape index (κ2) is 7.57. The summed E-state index contributed by atoms with van der Waals surface area (Å²) < 4.78 is 5.23. The maximum Gasteiger partial charge on any atom is 0.332 e. The smallest absolute Gasteiger partial charge is 0.332 e. The summed E-state index contributed by atoms with van der Waals surface area (Å²) in [5, 5.41) is 13.9. The van der Waals surface area contributed by atoms with Crippen LogP contribution in [0, 0.1) is 0 Å². The highest BCUT2D eigenvalue weighted by molar-refractivity contribution is 5.75. The van der Waals surface area contributed by atoms with Crippen molar-refractivity contribution in [3.05, 3.63) is 0 Å². The highest BCUT2D eigenvalue weighted by atomic mass is 16.5. The molecule has 1 fully saturated rings. The molecule has 0 radical (unpaired) electrons. The molecule has 0 aromatic heterocycles. The molecule has 108 valence electrons. The van der Waals surface area contributed by atoms with Crippen LogP contribution >= 0.6 is 0 Å². The number of carboxylic acid groups (broad SMARTS) is 1. The Bertz CT molecular complexity index is 347. The molecular formula is C11H19N3O5. The summed E-state index contributed by atoms with van der Waals surface area (Å²) >= 11 is 0. The predicted molar refractivity (Wildman–Crippen MR) is 65.4 cm³/mol. The molecule has 3 amide bonds. The molecule has 1 aliphatic heterocycles. The average Bonchev–Trinajstić information content (AvgIpc) is 2.81. The lowest BCUT2D eigenvalue weighted by atomic mass is 10.2. The van der Waals surface area contributed by atoms with E-state index < -0.39 is 18.0 Å². The van der Waals surface area contributed by atoms with Crippen molar-refractivity contribution < 1.29 is 24.2 Å². The number of urea groups is 1. The minimum atomic E-state index is -0.974. The molecule has 5 N–H and O–H groups in total. The molecule has 8 heteroatoms. The molecular weight excluding hydrogens is 254 g/mol. The van der Waals surface area contributed by atoms with Crippen LogP contribution in [-0.4, -0.2) is 48.3 Å². The zero-order valence-electron chi connectivity index (χ0n) is 10.6. The van der Waals surface area contributed by atoms with E-state index >= 15 is 0 Å². The van der Waals surface area contributed by atoms with Gasteiger partial charge in [-0.25, -0.2) is 9.59 Å². The molecule has 8 nitrogen and oxygen atoms in total. The van der Waals surface area contributed by atoms with Gasteiger partial charge >= 0.3 is 12.0 Å². The van der Waals surface area contributed by atoms with Gasteiger partial charge in [0.1, 0.15) is 0 Å². The topological polar surface area (TPSA) is 131 Å². The number of carboxylic acids is 1. The molecule has 1 aliphatic rings. The first-order valence-corrected chi connectivity index (χ1v) is 6.17. The number of ether oxygens (including phenoxy) is 1. The van der Waals surface area contributed by atoms with Crippen LogP contribution in [0.3, 0.4) is 0 Å². The molecule has 1 saturated heterocycles. The highest BCUT2D eigenvalue weighted by Gasteiger charge is 2.30. The van der Waals surface area contributed by atoms with Crippen LogP contribution in [0.2, 0.25) is 0 Å². The van der Waals surface area contributed by atoms with Gasteiger partial charge in [0, 0.05) is 19.5 Å². The molecule has 0 aliphatic carbocycles. The maximum absolute atomic E-state index is 11.3. The van der Waals surface area contributed by atoms with E-state index in [1.807, 2.05) is 0 Å². The summed E-state index contributed by atoms with van der Waals surface area (Å²) in [6.07, 6.45) is 0.750. The van der Waals surface area contributed by atoms with Crippen LogP contribution in [0.5, 0.6) is 0 Å². The van der Waals surface area contributed by atoms with Gasteiger partial charge in [-0.05, 0) is 19.3 Å². The van der Waals surface area contributed by atoms with Crippen molar-refractivity contribution in [3.8, 4) is 0 Å². The first-order valence-electron chi connectivity index (χ1n) is 6.17. The first-order chi connectivity index (χ1) is 8.99. The molecule has 1 heterocycles. The van der Waals surface area contributed by atoms with E-state index in [4.69, 9.17) is 15.6 Å². The number of nitrogens with two attached hydrogens (primary N) is 1. The Hall–Kier alpha value is -1.83. The Morgan fingerprint density at radius 1 is 1.26 bits per heavy atom. The Labute approximate surface area is 110 Å². The zero-order chi connectivity index (χ0) is 14.3. The third-order valence-electron chi connectivity index (χ3n) is 2.76. The summed E-state index contributed by atoms with van der Waals surface area (Å²) in [5.41, 5.74) is 4.96. The van der Waals surface area contributed by atoms with Crippen molar-refractivity contribution >= 4 is 17.9 Å². The number of nitrogens with one attached hydrogen (secondary N) is 2. The molecule has 19 heavy (non-hydrogen) atoms. The van der Waals surface area contributed by atoms with Gasteiger partial charge in [0.15, 0.2) is 6.10 Å². The summed E-state index contributed by atoms with van der Waals surface area (Å²) in [6, 6.07) is -0.369. The quantitative estimate of drug-likeness (QED) is 0.450. The van der Waals surface area contributed by atoms with E-state index in [1.165, 1.54) is 0 Å². The fraction of sp³-hybridized carbons (Fsp3) is 0.727. The Balaban J connectivity index is 2.07. The van der Waals surface area contributed by atoms with Crippen molar-refractivity contribution in [3.63, 3.8) is 0 Å². The molecule has 0 aromatic carbocycles. The lowest BCUT2D eigenvalue weighted by molar-refractivity contribution is -0.149. The minimum Gasteiger partial charge on any atom is -0.479 e. The molecule has 1 rings (SSSR count). The number of amides is 3. The number of carbonyl (C=O) groups excluding carboxylic acids is 2. The Morgan fingerprint density at radius 3 is 2.58 bits per heavy atom. The van der Waals surface area contributed by atoms with Gasteiger partial charge in [-0.3, -0.25) is 4.79 Å².